The first kappa shape index (κ1) is 15.5. The lowest BCUT2D eigenvalue weighted by molar-refractivity contribution is 0.146. The normalized spacial score (nSPS) is 28.1. The molecule has 3 heterocycles. The molecule has 1 aromatic heterocycles. The summed E-state index contributed by atoms with van der Waals surface area (Å²) in [6.07, 6.45) is 5.57. The van der Waals surface area contributed by atoms with Crippen molar-refractivity contribution in [3.05, 3.63) is 21.9 Å². The fourth-order valence-corrected chi connectivity index (χ4v) is 4.87. The first-order valence-corrected chi connectivity index (χ1v) is 9.39. The van der Waals surface area contributed by atoms with Gasteiger partial charge in [-0.2, -0.15) is 0 Å². The van der Waals surface area contributed by atoms with E-state index in [9.17, 15) is 0 Å². The molecule has 118 valence electrons. The molecule has 2 fully saturated rings. The molecule has 0 aliphatic carbocycles. The SMILES string of the molecule is CC(C)(C)c1ccc(CN2CCCC(C3CCCN3)C2)s1. The molecule has 3 rings (SSSR count). The van der Waals surface area contributed by atoms with Gasteiger partial charge in [0.25, 0.3) is 0 Å². The topological polar surface area (TPSA) is 15.3 Å². The third-order valence-electron chi connectivity index (χ3n) is 4.99. The summed E-state index contributed by atoms with van der Waals surface area (Å²) >= 11 is 2.01. The molecule has 2 atom stereocenters. The Morgan fingerprint density at radius 2 is 2.10 bits per heavy atom. The highest BCUT2D eigenvalue weighted by Crippen LogP contribution is 2.31. The van der Waals surface area contributed by atoms with Crippen LogP contribution in [0.3, 0.4) is 0 Å². The average Bonchev–Trinajstić information content (AvgIpc) is 3.09. The Morgan fingerprint density at radius 1 is 1.24 bits per heavy atom. The lowest BCUT2D eigenvalue weighted by Gasteiger charge is -2.35. The van der Waals surface area contributed by atoms with E-state index in [-0.39, 0.29) is 0 Å². The van der Waals surface area contributed by atoms with Crippen LogP contribution in [0.2, 0.25) is 0 Å². The second kappa shape index (κ2) is 6.39. The Bertz CT molecular complexity index is 454. The van der Waals surface area contributed by atoms with Gasteiger partial charge in [0.05, 0.1) is 0 Å². The zero-order chi connectivity index (χ0) is 14.9. The van der Waals surface area contributed by atoms with Crippen LogP contribution in [0.1, 0.15) is 56.2 Å². The highest BCUT2D eigenvalue weighted by atomic mass is 32.1. The number of nitrogens with one attached hydrogen (secondary N) is 1. The van der Waals surface area contributed by atoms with Crippen molar-refractivity contribution < 1.29 is 0 Å². The van der Waals surface area contributed by atoms with Gasteiger partial charge in [0, 0.05) is 28.9 Å². The van der Waals surface area contributed by atoms with Crippen LogP contribution in [0.15, 0.2) is 12.1 Å². The summed E-state index contributed by atoms with van der Waals surface area (Å²) in [6, 6.07) is 5.48. The molecule has 1 aromatic rings. The molecule has 2 aliphatic rings. The molecule has 2 aliphatic heterocycles. The Labute approximate surface area is 133 Å². The Hall–Kier alpha value is -0.380. The summed E-state index contributed by atoms with van der Waals surface area (Å²) in [5.74, 6) is 0.878. The molecule has 21 heavy (non-hydrogen) atoms. The van der Waals surface area contributed by atoms with Crippen molar-refractivity contribution in [3.63, 3.8) is 0 Å². The fourth-order valence-electron chi connectivity index (χ4n) is 3.76. The monoisotopic (exact) mass is 306 g/mol. The van der Waals surface area contributed by atoms with Crippen LogP contribution in [-0.2, 0) is 12.0 Å². The predicted octanol–water partition coefficient (Wildman–Crippen LogP) is 4.01. The molecule has 2 saturated heterocycles. The Morgan fingerprint density at radius 3 is 2.76 bits per heavy atom. The molecule has 1 N–H and O–H groups in total. The minimum absolute atomic E-state index is 0.293. The summed E-state index contributed by atoms with van der Waals surface area (Å²) < 4.78 is 0. The highest BCUT2D eigenvalue weighted by Gasteiger charge is 2.29. The van der Waals surface area contributed by atoms with E-state index in [4.69, 9.17) is 0 Å². The van der Waals surface area contributed by atoms with Crippen molar-refractivity contribution in [2.75, 3.05) is 19.6 Å². The largest absolute Gasteiger partial charge is 0.314 e. The second-order valence-electron chi connectivity index (χ2n) is 7.86. The molecule has 0 aromatic carbocycles. The standard InChI is InChI=1S/C18H30N2S/c1-18(2,3)17-9-8-15(21-17)13-20-11-5-6-14(12-20)16-7-4-10-19-16/h8-9,14,16,19H,4-7,10-13H2,1-3H3. The minimum Gasteiger partial charge on any atom is -0.314 e. The number of thiophene rings is 1. The third-order valence-corrected chi connectivity index (χ3v) is 6.49. The van der Waals surface area contributed by atoms with Crippen LogP contribution >= 0.6 is 11.3 Å². The van der Waals surface area contributed by atoms with Gasteiger partial charge in [-0.1, -0.05) is 20.8 Å². The van der Waals surface area contributed by atoms with Gasteiger partial charge in [0.2, 0.25) is 0 Å². The molecule has 2 nitrogen and oxygen atoms in total. The van der Waals surface area contributed by atoms with Crippen molar-refractivity contribution >= 4 is 11.3 Å². The number of hydrogen-bond acceptors (Lipinski definition) is 3. The molecule has 0 saturated carbocycles. The molecular formula is C18H30N2S. The number of piperidine rings is 1. The zero-order valence-corrected chi connectivity index (χ0v) is 14.6. The van der Waals surface area contributed by atoms with Crippen LogP contribution in [-0.4, -0.2) is 30.6 Å². The van der Waals surface area contributed by atoms with Crippen molar-refractivity contribution in [3.8, 4) is 0 Å². The van der Waals surface area contributed by atoms with Crippen LogP contribution in [0.4, 0.5) is 0 Å². The van der Waals surface area contributed by atoms with Crippen molar-refractivity contribution in [2.24, 2.45) is 5.92 Å². The number of hydrogen-bond donors (Lipinski definition) is 1. The van der Waals surface area contributed by atoms with E-state index in [1.807, 2.05) is 11.3 Å². The summed E-state index contributed by atoms with van der Waals surface area (Å²) in [4.78, 5) is 5.75. The van der Waals surface area contributed by atoms with E-state index >= 15 is 0 Å². The minimum atomic E-state index is 0.293. The van der Waals surface area contributed by atoms with Gasteiger partial charge in [-0.05, 0) is 62.2 Å². The average molecular weight is 307 g/mol. The maximum atomic E-state index is 3.71. The molecule has 2 unspecified atom stereocenters. The lowest BCUT2D eigenvalue weighted by atomic mass is 9.90. The van der Waals surface area contributed by atoms with Crippen LogP contribution in [0, 0.1) is 5.92 Å². The second-order valence-corrected chi connectivity index (χ2v) is 9.02. The number of nitrogens with zero attached hydrogens (tertiary/aromatic N) is 1. The molecule has 0 spiro atoms. The maximum Gasteiger partial charge on any atom is 0.0328 e. The highest BCUT2D eigenvalue weighted by molar-refractivity contribution is 7.12. The van der Waals surface area contributed by atoms with Crippen molar-refractivity contribution in [2.45, 2.75) is 64.5 Å². The zero-order valence-electron chi connectivity index (χ0n) is 13.8. The van der Waals surface area contributed by atoms with E-state index in [2.05, 4.69) is 43.1 Å². The van der Waals surface area contributed by atoms with E-state index < -0.39 is 0 Å². The first-order chi connectivity index (χ1) is 10.0. The Kier molecular flexibility index (Phi) is 4.72. The van der Waals surface area contributed by atoms with E-state index in [1.165, 1.54) is 50.2 Å². The molecule has 0 amide bonds. The third kappa shape index (κ3) is 3.88. The summed E-state index contributed by atoms with van der Waals surface area (Å²) in [6.45, 7) is 11.9. The van der Waals surface area contributed by atoms with Gasteiger partial charge < -0.3 is 5.32 Å². The smallest absolute Gasteiger partial charge is 0.0328 e. The van der Waals surface area contributed by atoms with Crippen molar-refractivity contribution in [1.29, 1.82) is 0 Å². The van der Waals surface area contributed by atoms with Gasteiger partial charge in [-0.15, -0.1) is 11.3 Å². The van der Waals surface area contributed by atoms with E-state index in [1.54, 1.807) is 4.88 Å². The molecule has 0 radical (unpaired) electrons. The quantitative estimate of drug-likeness (QED) is 0.907. The fraction of sp³-hybridized carbons (Fsp3) is 0.778. The molecule has 3 heteroatoms. The summed E-state index contributed by atoms with van der Waals surface area (Å²) in [5.41, 5.74) is 0.293. The van der Waals surface area contributed by atoms with Crippen LogP contribution in [0.25, 0.3) is 0 Å². The molecular weight excluding hydrogens is 276 g/mol. The maximum absolute atomic E-state index is 3.71. The van der Waals surface area contributed by atoms with Crippen molar-refractivity contribution in [1.82, 2.24) is 10.2 Å². The van der Waals surface area contributed by atoms with Gasteiger partial charge in [-0.3, -0.25) is 4.90 Å². The van der Waals surface area contributed by atoms with Gasteiger partial charge >= 0.3 is 0 Å². The van der Waals surface area contributed by atoms with Gasteiger partial charge in [0.1, 0.15) is 0 Å². The number of rotatable bonds is 3. The van der Waals surface area contributed by atoms with Gasteiger partial charge in [-0.25, -0.2) is 0 Å². The lowest BCUT2D eigenvalue weighted by Crippen LogP contribution is -2.43. The first-order valence-electron chi connectivity index (χ1n) is 8.57. The van der Waals surface area contributed by atoms with Crippen LogP contribution in [0.5, 0.6) is 0 Å². The van der Waals surface area contributed by atoms with Crippen LogP contribution < -0.4 is 5.32 Å². The number of likely N-dealkylation sites (tertiary alicyclic amines) is 1. The summed E-state index contributed by atoms with van der Waals surface area (Å²) in [5, 5.41) is 3.71. The van der Waals surface area contributed by atoms with Gasteiger partial charge in [0.15, 0.2) is 0 Å². The summed E-state index contributed by atoms with van der Waals surface area (Å²) in [7, 11) is 0. The van der Waals surface area contributed by atoms with E-state index in [0.29, 0.717) is 5.41 Å². The van der Waals surface area contributed by atoms with E-state index in [0.717, 1.165) is 18.5 Å². The predicted molar refractivity (Wildman–Crippen MR) is 92.0 cm³/mol. The Balaban J connectivity index is 1.58. The molecule has 0 bridgehead atoms.